The molecule has 0 aliphatic carbocycles. The van der Waals surface area contributed by atoms with Crippen molar-refractivity contribution in [3.63, 3.8) is 0 Å². The van der Waals surface area contributed by atoms with Crippen LogP contribution in [0.15, 0.2) is 0 Å². The van der Waals surface area contributed by atoms with Gasteiger partial charge in [0, 0.05) is 19.6 Å². The van der Waals surface area contributed by atoms with Gasteiger partial charge in [-0.3, -0.25) is 0 Å². The van der Waals surface area contributed by atoms with Crippen LogP contribution in [-0.2, 0) is 10.0 Å². The summed E-state index contributed by atoms with van der Waals surface area (Å²) in [5, 5.41) is -0.288. The van der Waals surface area contributed by atoms with Gasteiger partial charge in [-0.1, -0.05) is 0 Å². The van der Waals surface area contributed by atoms with E-state index in [-0.39, 0.29) is 5.21 Å². The van der Waals surface area contributed by atoms with Crippen LogP contribution in [0.5, 0.6) is 0 Å². The van der Waals surface area contributed by atoms with E-state index in [1.54, 1.807) is 4.31 Å². The maximum Gasteiger partial charge on any atom is 0.228 e. The normalized spacial score (nSPS) is 25.5. The van der Waals surface area contributed by atoms with Crippen molar-refractivity contribution in [2.24, 2.45) is 5.92 Å². The molecule has 17 heavy (non-hydrogen) atoms. The smallest absolute Gasteiger partial charge is 0.228 e. The van der Waals surface area contributed by atoms with Gasteiger partial charge in [0.15, 0.2) is 0 Å². The average Bonchev–Trinajstić information content (AvgIpc) is 2.83. The molecule has 0 aromatic rings. The Morgan fingerprint density at radius 1 is 1.06 bits per heavy atom. The third kappa shape index (κ3) is 3.56. The van der Waals surface area contributed by atoms with Crippen LogP contribution in [0.4, 0.5) is 0 Å². The number of likely N-dealkylation sites (tertiary alicyclic amines) is 1. The zero-order valence-corrected chi connectivity index (χ0v) is 11.7. The van der Waals surface area contributed by atoms with E-state index < -0.39 is 10.0 Å². The van der Waals surface area contributed by atoms with Crippen molar-refractivity contribution in [2.75, 3.05) is 37.9 Å². The molecule has 2 aliphatic rings. The molecule has 0 saturated carbocycles. The van der Waals surface area contributed by atoms with Crippen LogP contribution in [-0.4, -0.2) is 55.6 Å². The molecule has 0 aromatic carbocycles. The zero-order valence-electron chi connectivity index (χ0n) is 10.1. The highest BCUT2D eigenvalue weighted by Gasteiger charge is 2.28. The second-order valence-corrected chi connectivity index (χ2v) is 7.62. The van der Waals surface area contributed by atoms with Crippen LogP contribution >= 0.6 is 11.6 Å². The van der Waals surface area contributed by atoms with Crippen LogP contribution < -0.4 is 0 Å². The molecule has 2 saturated heterocycles. The summed E-state index contributed by atoms with van der Waals surface area (Å²) in [6.45, 7) is 4.89. The van der Waals surface area contributed by atoms with Crippen molar-refractivity contribution in [3.8, 4) is 0 Å². The van der Waals surface area contributed by atoms with E-state index >= 15 is 0 Å². The Bertz CT molecular complexity index is 333. The number of piperidine rings is 1. The first-order chi connectivity index (χ1) is 8.12. The van der Waals surface area contributed by atoms with Crippen molar-refractivity contribution < 1.29 is 8.42 Å². The van der Waals surface area contributed by atoms with Crippen LogP contribution in [0.2, 0.25) is 0 Å². The molecule has 0 bridgehead atoms. The summed E-state index contributed by atoms with van der Waals surface area (Å²) in [4.78, 5) is 2.51. The van der Waals surface area contributed by atoms with Crippen molar-refractivity contribution in [1.29, 1.82) is 0 Å². The average molecular weight is 281 g/mol. The van der Waals surface area contributed by atoms with E-state index in [0.717, 1.165) is 19.4 Å². The highest BCUT2D eigenvalue weighted by Crippen LogP contribution is 2.22. The van der Waals surface area contributed by atoms with E-state index in [1.165, 1.54) is 25.9 Å². The molecule has 2 fully saturated rings. The minimum atomic E-state index is -3.19. The number of alkyl halides is 1. The number of hydrogen-bond acceptors (Lipinski definition) is 3. The summed E-state index contributed by atoms with van der Waals surface area (Å²) < 4.78 is 24.7. The van der Waals surface area contributed by atoms with Crippen LogP contribution in [0.25, 0.3) is 0 Å². The zero-order chi connectivity index (χ0) is 12.3. The van der Waals surface area contributed by atoms with Gasteiger partial charge in [0.1, 0.15) is 5.21 Å². The summed E-state index contributed by atoms with van der Waals surface area (Å²) in [7, 11) is -3.19. The van der Waals surface area contributed by atoms with Gasteiger partial charge in [-0.25, -0.2) is 12.7 Å². The molecule has 0 N–H and O–H groups in total. The highest BCUT2D eigenvalue weighted by atomic mass is 35.5. The van der Waals surface area contributed by atoms with Crippen molar-refractivity contribution in [3.05, 3.63) is 0 Å². The van der Waals surface area contributed by atoms with Crippen molar-refractivity contribution >= 4 is 21.6 Å². The maximum atomic E-state index is 11.6. The molecule has 6 heteroatoms. The van der Waals surface area contributed by atoms with Crippen molar-refractivity contribution in [1.82, 2.24) is 9.21 Å². The fourth-order valence-electron chi connectivity index (χ4n) is 2.77. The largest absolute Gasteiger partial charge is 0.303 e. The van der Waals surface area contributed by atoms with Gasteiger partial charge in [-0.15, -0.1) is 11.6 Å². The molecule has 2 heterocycles. The monoisotopic (exact) mass is 280 g/mol. The van der Waals surface area contributed by atoms with E-state index in [1.807, 2.05) is 0 Å². The lowest BCUT2D eigenvalue weighted by Crippen LogP contribution is -2.41. The SMILES string of the molecule is O=S(=O)(CCl)N1CCC(CN2CCCC2)CC1. The van der Waals surface area contributed by atoms with Crippen LogP contribution in [0.3, 0.4) is 0 Å². The minimum Gasteiger partial charge on any atom is -0.303 e. The molecular formula is C11H21ClN2O2S. The van der Waals surface area contributed by atoms with Crippen LogP contribution in [0, 0.1) is 5.92 Å². The summed E-state index contributed by atoms with van der Waals surface area (Å²) in [5.41, 5.74) is 0. The molecule has 0 spiro atoms. The lowest BCUT2D eigenvalue weighted by Gasteiger charge is -2.32. The van der Waals surface area contributed by atoms with Crippen molar-refractivity contribution in [2.45, 2.75) is 25.7 Å². The van der Waals surface area contributed by atoms with E-state index in [2.05, 4.69) is 4.90 Å². The van der Waals surface area contributed by atoms with Gasteiger partial charge in [0.05, 0.1) is 0 Å². The van der Waals surface area contributed by atoms with E-state index in [9.17, 15) is 8.42 Å². The van der Waals surface area contributed by atoms with Crippen LogP contribution in [0.1, 0.15) is 25.7 Å². The number of hydrogen-bond donors (Lipinski definition) is 0. The van der Waals surface area contributed by atoms with Gasteiger partial charge in [-0.2, -0.15) is 0 Å². The third-order valence-electron chi connectivity index (χ3n) is 3.82. The van der Waals surface area contributed by atoms with E-state index in [4.69, 9.17) is 11.6 Å². The number of nitrogens with zero attached hydrogens (tertiary/aromatic N) is 2. The Balaban J connectivity index is 1.77. The van der Waals surface area contributed by atoms with Gasteiger partial charge in [0.25, 0.3) is 0 Å². The third-order valence-corrected chi connectivity index (χ3v) is 6.07. The summed E-state index contributed by atoms with van der Waals surface area (Å²) >= 11 is 5.46. The Hall–Kier alpha value is 0.160. The first-order valence-electron chi connectivity index (χ1n) is 6.38. The van der Waals surface area contributed by atoms with Gasteiger partial charge < -0.3 is 4.90 Å². The molecule has 0 amide bonds. The first-order valence-corrected chi connectivity index (χ1v) is 8.52. The molecule has 2 rings (SSSR count). The lowest BCUT2D eigenvalue weighted by atomic mass is 9.98. The highest BCUT2D eigenvalue weighted by molar-refractivity contribution is 7.90. The Labute approximate surface area is 109 Å². The Morgan fingerprint density at radius 2 is 1.65 bits per heavy atom. The molecule has 0 atom stereocenters. The first kappa shape index (κ1) is 13.6. The Kier molecular flexibility index (Phi) is 4.69. The van der Waals surface area contributed by atoms with Gasteiger partial charge in [-0.05, 0) is 44.7 Å². The molecule has 0 radical (unpaired) electrons. The molecule has 4 nitrogen and oxygen atoms in total. The molecule has 100 valence electrons. The summed E-state index contributed by atoms with van der Waals surface area (Å²) in [6.07, 6.45) is 4.60. The second kappa shape index (κ2) is 5.87. The minimum absolute atomic E-state index is 0.288. The topological polar surface area (TPSA) is 40.6 Å². The predicted molar refractivity (Wildman–Crippen MR) is 69.6 cm³/mol. The molecule has 0 aromatic heterocycles. The standard InChI is InChI=1S/C11H21ClN2O2S/c12-10-17(15,16)14-7-3-11(4-8-14)9-13-5-1-2-6-13/h11H,1-10H2. The quantitative estimate of drug-likeness (QED) is 0.730. The van der Waals surface area contributed by atoms with E-state index in [0.29, 0.717) is 19.0 Å². The predicted octanol–water partition coefficient (Wildman–Crippen LogP) is 1.32. The number of sulfonamides is 1. The number of rotatable bonds is 4. The molecule has 0 unspecified atom stereocenters. The fraction of sp³-hybridized carbons (Fsp3) is 1.00. The molecule has 2 aliphatic heterocycles. The van der Waals surface area contributed by atoms with Gasteiger partial charge >= 0.3 is 0 Å². The molecular weight excluding hydrogens is 260 g/mol. The summed E-state index contributed by atoms with van der Waals surface area (Å²) in [5.74, 6) is 0.662. The second-order valence-electron chi connectivity index (χ2n) is 5.07. The maximum absolute atomic E-state index is 11.6. The van der Waals surface area contributed by atoms with Gasteiger partial charge in [0.2, 0.25) is 10.0 Å². The lowest BCUT2D eigenvalue weighted by molar-refractivity contribution is 0.206. The number of halogens is 1. The Morgan fingerprint density at radius 3 is 2.18 bits per heavy atom. The summed E-state index contributed by atoms with van der Waals surface area (Å²) in [6, 6.07) is 0. The fourth-order valence-corrected chi connectivity index (χ4v) is 4.09.